The second-order valence-corrected chi connectivity index (χ2v) is 8.75. The Balaban J connectivity index is 2.40. The van der Waals surface area contributed by atoms with E-state index < -0.39 is 67.1 Å². The van der Waals surface area contributed by atoms with Gasteiger partial charge in [0.25, 0.3) is 0 Å². The summed E-state index contributed by atoms with van der Waals surface area (Å²) in [7, 11) is 0. The van der Waals surface area contributed by atoms with E-state index in [0.29, 0.717) is 5.57 Å². The summed E-state index contributed by atoms with van der Waals surface area (Å²) in [6.45, 7) is 9.46. The third-order valence-corrected chi connectivity index (χ3v) is 5.80. The zero-order chi connectivity index (χ0) is 25.6. The minimum absolute atomic E-state index is 0.109. The molecule has 0 aromatic carbocycles. The molecule has 1 heterocycles. The maximum atomic E-state index is 12.6. The molecule has 4 atom stereocenters. The smallest absolute Gasteiger partial charge is 0.375 e. The molecule has 1 saturated heterocycles. The molecule has 2 aliphatic rings. The number of esters is 3. The summed E-state index contributed by atoms with van der Waals surface area (Å²) < 4.78 is 16.6. The number of hydrogen-bond acceptors (Lipinski definition) is 9. The maximum Gasteiger partial charge on any atom is 0.375 e. The zero-order valence-corrected chi connectivity index (χ0v) is 19.9. The molecule has 0 aromatic heterocycles. The van der Waals surface area contributed by atoms with Crippen LogP contribution in [-0.2, 0) is 33.4 Å². The van der Waals surface area contributed by atoms with Gasteiger partial charge in [-0.05, 0) is 31.6 Å². The summed E-state index contributed by atoms with van der Waals surface area (Å²) in [5.74, 6) is -4.26. The highest BCUT2D eigenvalue weighted by atomic mass is 16.6. The van der Waals surface area contributed by atoms with Crippen molar-refractivity contribution in [1.29, 1.82) is 0 Å². The van der Waals surface area contributed by atoms with Gasteiger partial charge in [-0.25, -0.2) is 14.4 Å². The van der Waals surface area contributed by atoms with E-state index in [-0.39, 0.29) is 24.0 Å². The number of Topliss-reactive ketones (excluding diaryl/α,β-unsaturated/α-hetero) is 1. The van der Waals surface area contributed by atoms with E-state index in [0.717, 1.165) is 11.6 Å². The quantitative estimate of drug-likeness (QED) is 0.185. The first-order chi connectivity index (χ1) is 16.0. The molecule has 1 aliphatic carbocycles. The Kier molecular flexibility index (Phi) is 9.52. The minimum atomic E-state index is -0.931. The van der Waals surface area contributed by atoms with Crippen LogP contribution in [0.1, 0.15) is 40.5 Å². The van der Waals surface area contributed by atoms with E-state index in [2.05, 4.69) is 6.58 Å². The van der Waals surface area contributed by atoms with Crippen LogP contribution < -0.4 is 0 Å². The molecule has 0 radical (unpaired) electrons. The second kappa shape index (κ2) is 11.9. The van der Waals surface area contributed by atoms with Crippen LogP contribution in [0, 0.1) is 11.8 Å². The lowest BCUT2D eigenvalue weighted by Gasteiger charge is -2.28. The zero-order valence-electron chi connectivity index (χ0n) is 19.9. The van der Waals surface area contributed by atoms with E-state index in [9.17, 15) is 24.3 Å². The first kappa shape index (κ1) is 27.2. The summed E-state index contributed by atoms with van der Waals surface area (Å²) in [5.41, 5.74) is 1.36. The topological polar surface area (TPSA) is 136 Å². The third kappa shape index (κ3) is 6.51. The molecule has 0 spiro atoms. The Bertz CT molecular complexity index is 938. The molecular formula is C25H32O9. The van der Waals surface area contributed by atoms with Crippen LogP contribution in [0.15, 0.2) is 47.1 Å². The van der Waals surface area contributed by atoms with Crippen molar-refractivity contribution in [2.45, 2.75) is 58.8 Å². The number of carbonyl (C=O) groups is 4. The van der Waals surface area contributed by atoms with Crippen LogP contribution >= 0.6 is 0 Å². The van der Waals surface area contributed by atoms with Gasteiger partial charge >= 0.3 is 17.9 Å². The number of rotatable bonds is 7. The monoisotopic (exact) mass is 476 g/mol. The second-order valence-electron chi connectivity index (χ2n) is 8.75. The Labute approximate surface area is 198 Å². The van der Waals surface area contributed by atoms with Crippen molar-refractivity contribution in [3.63, 3.8) is 0 Å². The van der Waals surface area contributed by atoms with Crippen LogP contribution in [0.2, 0.25) is 0 Å². The van der Waals surface area contributed by atoms with E-state index in [1.807, 2.05) is 6.08 Å². The minimum Gasteiger partial charge on any atom is -0.458 e. The average molecular weight is 477 g/mol. The largest absolute Gasteiger partial charge is 0.458 e. The molecular weight excluding hydrogens is 444 g/mol. The predicted molar refractivity (Wildman–Crippen MR) is 121 cm³/mol. The third-order valence-electron chi connectivity index (χ3n) is 5.80. The number of ketones is 1. The number of fused-ring (bicyclic) bond motifs is 1. The Hall–Kier alpha value is -3.04. The van der Waals surface area contributed by atoms with Crippen molar-refractivity contribution in [2.75, 3.05) is 13.2 Å². The molecule has 0 saturated carbocycles. The van der Waals surface area contributed by atoms with E-state index in [1.54, 1.807) is 33.8 Å². The fourth-order valence-corrected chi connectivity index (χ4v) is 3.78. The summed E-state index contributed by atoms with van der Waals surface area (Å²) in [6.07, 6.45) is 2.64. The SMILES string of the molecule is C=C1C(=O)OC2C=C(C)C(OC(=O)C(=O)C(C)C)CC=C(C)CC(OC(=O)C(=CCO)CO)C12. The molecule has 1 aliphatic heterocycles. The van der Waals surface area contributed by atoms with Gasteiger partial charge in [-0.3, -0.25) is 4.79 Å². The fraction of sp³-hybridized carbons (Fsp3) is 0.520. The van der Waals surface area contributed by atoms with Crippen molar-refractivity contribution in [1.82, 2.24) is 0 Å². The van der Waals surface area contributed by atoms with Crippen molar-refractivity contribution in [2.24, 2.45) is 11.8 Å². The predicted octanol–water partition coefficient (Wildman–Crippen LogP) is 1.73. The number of ether oxygens (including phenoxy) is 3. The fourth-order valence-electron chi connectivity index (χ4n) is 3.78. The van der Waals surface area contributed by atoms with Gasteiger partial charge in [0, 0.05) is 24.3 Å². The van der Waals surface area contributed by atoms with Gasteiger partial charge in [0.2, 0.25) is 5.78 Å². The standard InChI is InChI=1S/C25H32O9/c1-13(2)22(28)25(31)32-18-7-6-14(3)10-19(34-24(30)17(12-27)8-9-26)21-16(5)23(29)33-20(21)11-15(18)4/h6,8,11,13,18-21,26-27H,5,7,9-10,12H2,1-4H3. The number of carbonyl (C=O) groups excluding carboxylic acids is 4. The van der Waals surface area contributed by atoms with Gasteiger partial charge in [-0.1, -0.05) is 32.1 Å². The van der Waals surface area contributed by atoms with Crippen LogP contribution in [0.25, 0.3) is 0 Å². The van der Waals surface area contributed by atoms with Gasteiger partial charge in [0.15, 0.2) is 0 Å². The van der Waals surface area contributed by atoms with Gasteiger partial charge in [0.05, 0.1) is 24.7 Å². The highest BCUT2D eigenvalue weighted by Crippen LogP contribution is 2.36. The Morgan fingerprint density at radius 3 is 2.47 bits per heavy atom. The van der Waals surface area contributed by atoms with Crippen LogP contribution in [0.5, 0.6) is 0 Å². The van der Waals surface area contributed by atoms with Crippen molar-refractivity contribution >= 4 is 23.7 Å². The van der Waals surface area contributed by atoms with Gasteiger partial charge in [-0.2, -0.15) is 0 Å². The van der Waals surface area contributed by atoms with Crippen molar-refractivity contribution in [3.05, 3.63) is 47.1 Å². The van der Waals surface area contributed by atoms with Gasteiger partial charge in [0.1, 0.15) is 18.3 Å². The summed E-state index contributed by atoms with van der Waals surface area (Å²) >= 11 is 0. The van der Waals surface area contributed by atoms with Crippen LogP contribution in [-0.4, -0.2) is 65.4 Å². The molecule has 0 bridgehead atoms. The molecule has 0 aromatic rings. The highest BCUT2D eigenvalue weighted by Gasteiger charge is 2.45. The van der Waals surface area contributed by atoms with Crippen molar-refractivity contribution < 1.29 is 43.6 Å². The molecule has 1 fully saturated rings. The maximum absolute atomic E-state index is 12.6. The van der Waals surface area contributed by atoms with E-state index >= 15 is 0 Å². The highest BCUT2D eigenvalue weighted by molar-refractivity contribution is 6.34. The molecule has 9 nitrogen and oxygen atoms in total. The molecule has 9 heteroatoms. The average Bonchev–Trinajstić information content (AvgIpc) is 3.05. The van der Waals surface area contributed by atoms with E-state index in [4.69, 9.17) is 19.3 Å². The lowest BCUT2D eigenvalue weighted by atomic mass is 9.85. The number of hydrogen-bond donors (Lipinski definition) is 2. The molecule has 0 amide bonds. The lowest BCUT2D eigenvalue weighted by molar-refractivity contribution is -0.158. The first-order valence-electron chi connectivity index (χ1n) is 11.1. The summed E-state index contributed by atoms with van der Waals surface area (Å²) in [4.78, 5) is 49.2. The van der Waals surface area contributed by atoms with Crippen LogP contribution in [0.3, 0.4) is 0 Å². The molecule has 2 rings (SSSR count). The molecule has 34 heavy (non-hydrogen) atoms. The normalized spacial score (nSPS) is 25.7. The van der Waals surface area contributed by atoms with Gasteiger partial charge in [-0.15, -0.1) is 0 Å². The summed E-state index contributed by atoms with van der Waals surface area (Å²) in [6, 6.07) is 0. The Morgan fingerprint density at radius 1 is 1.21 bits per heavy atom. The van der Waals surface area contributed by atoms with Gasteiger partial charge < -0.3 is 24.4 Å². The molecule has 2 N–H and O–H groups in total. The molecule has 186 valence electrons. The van der Waals surface area contributed by atoms with Crippen LogP contribution in [0.4, 0.5) is 0 Å². The Morgan fingerprint density at radius 2 is 1.88 bits per heavy atom. The summed E-state index contributed by atoms with van der Waals surface area (Å²) in [5, 5.41) is 18.5. The van der Waals surface area contributed by atoms with E-state index in [1.165, 1.54) is 0 Å². The number of aliphatic hydroxyl groups is 2. The van der Waals surface area contributed by atoms with Crippen molar-refractivity contribution in [3.8, 4) is 0 Å². The lowest BCUT2D eigenvalue weighted by Crippen LogP contribution is -2.35. The number of aliphatic hydroxyl groups excluding tert-OH is 2. The first-order valence-corrected chi connectivity index (χ1v) is 11.1. The molecule has 4 unspecified atom stereocenters.